The number of amides is 1. The second-order valence-electron chi connectivity index (χ2n) is 4.96. The molecular weight excluding hydrogens is 257 g/mol. The maximum Gasteiger partial charge on any atom is 0.228 e. The molecule has 2 N–H and O–H groups in total. The maximum atomic E-state index is 13.6. The lowest BCUT2D eigenvalue weighted by atomic mass is 9.97. The minimum absolute atomic E-state index is 0.165. The molecule has 0 fully saturated rings. The summed E-state index contributed by atoms with van der Waals surface area (Å²) in [5, 5.41) is 13.0. The maximum absolute atomic E-state index is 13.6. The smallest absolute Gasteiger partial charge is 0.228 e. The molecule has 3 rings (SSSR count). The Hall–Kier alpha value is -2.20. The first-order chi connectivity index (χ1) is 9.63. The summed E-state index contributed by atoms with van der Waals surface area (Å²) in [5.41, 5.74) is 2.56. The van der Waals surface area contributed by atoms with Crippen molar-refractivity contribution in [1.82, 2.24) is 0 Å². The van der Waals surface area contributed by atoms with Crippen LogP contribution in [0.3, 0.4) is 0 Å². The van der Waals surface area contributed by atoms with Gasteiger partial charge in [-0.2, -0.15) is 0 Å². The molecule has 4 heteroatoms. The predicted octanol–water partition coefficient (Wildman–Crippen LogP) is 2.60. The molecule has 0 aliphatic carbocycles. The fourth-order valence-corrected chi connectivity index (χ4v) is 2.54. The minimum atomic E-state index is -0.847. The Labute approximate surface area is 116 Å². The summed E-state index contributed by atoms with van der Waals surface area (Å²) in [6.45, 7) is 0. The standard InChI is InChI=1S/C16H14FNO2/c17-12-7-11-8-15(20)18-16(11)13(9-12)14(19)6-10-4-2-1-3-5-10/h1-5,7,9,14,19H,6,8H2,(H,18,20). The Bertz CT molecular complexity index is 655. The number of halogens is 1. The van der Waals surface area contributed by atoms with Gasteiger partial charge in [0.25, 0.3) is 0 Å². The molecule has 0 bridgehead atoms. The predicted molar refractivity (Wildman–Crippen MR) is 73.8 cm³/mol. The van der Waals surface area contributed by atoms with E-state index in [1.807, 2.05) is 30.3 Å². The van der Waals surface area contributed by atoms with Crippen molar-refractivity contribution in [3.05, 3.63) is 65.0 Å². The second kappa shape index (κ2) is 5.06. The molecule has 0 saturated heterocycles. The van der Waals surface area contributed by atoms with Gasteiger partial charge in [-0.15, -0.1) is 0 Å². The van der Waals surface area contributed by atoms with Crippen LogP contribution in [-0.2, 0) is 17.6 Å². The molecule has 2 aromatic carbocycles. The van der Waals surface area contributed by atoms with E-state index >= 15 is 0 Å². The van der Waals surface area contributed by atoms with Gasteiger partial charge in [-0.1, -0.05) is 30.3 Å². The van der Waals surface area contributed by atoms with Crippen molar-refractivity contribution < 1.29 is 14.3 Å². The Morgan fingerprint density at radius 2 is 2.00 bits per heavy atom. The minimum Gasteiger partial charge on any atom is -0.388 e. The summed E-state index contributed by atoms with van der Waals surface area (Å²) < 4.78 is 13.6. The van der Waals surface area contributed by atoms with Gasteiger partial charge in [0.15, 0.2) is 0 Å². The van der Waals surface area contributed by atoms with Crippen molar-refractivity contribution in [3.8, 4) is 0 Å². The monoisotopic (exact) mass is 271 g/mol. The largest absolute Gasteiger partial charge is 0.388 e. The van der Waals surface area contributed by atoms with Gasteiger partial charge in [-0.25, -0.2) is 4.39 Å². The van der Waals surface area contributed by atoms with Crippen LogP contribution in [0.15, 0.2) is 42.5 Å². The van der Waals surface area contributed by atoms with Crippen LogP contribution >= 0.6 is 0 Å². The zero-order valence-corrected chi connectivity index (χ0v) is 10.8. The van der Waals surface area contributed by atoms with Crippen molar-refractivity contribution in [1.29, 1.82) is 0 Å². The average Bonchev–Trinajstić information content (AvgIpc) is 2.78. The highest BCUT2D eigenvalue weighted by molar-refractivity contribution is 6.00. The molecule has 0 saturated carbocycles. The Morgan fingerprint density at radius 1 is 1.25 bits per heavy atom. The van der Waals surface area contributed by atoms with Gasteiger partial charge in [0.2, 0.25) is 5.91 Å². The van der Waals surface area contributed by atoms with E-state index in [1.165, 1.54) is 12.1 Å². The van der Waals surface area contributed by atoms with Crippen LogP contribution in [-0.4, -0.2) is 11.0 Å². The molecular formula is C16H14FNO2. The first kappa shape index (κ1) is 12.8. The SMILES string of the molecule is O=C1Cc2cc(F)cc(C(O)Cc3ccccc3)c2N1. The van der Waals surface area contributed by atoms with E-state index in [4.69, 9.17) is 0 Å². The summed E-state index contributed by atoms with van der Waals surface area (Å²) >= 11 is 0. The number of aliphatic hydroxyl groups is 1. The quantitative estimate of drug-likeness (QED) is 0.901. The van der Waals surface area contributed by atoms with Crippen LogP contribution in [0.1, 0.15) is 22.8 Å². The van der Waals surface area contributed by atoms with Gasteiger partial charge in [0, 0.05) is 12.0 Å². The Balaban J connectivity index is 1.92. The third-order valence-electron chi connectivity index (χ3n) is 3.46. The van der Waals surface area contributed by atoms with Gasteiger partial charge in [0.05, 0.1) is 18.2 Å². The zero-order chi connectivity index (χ0) is 14.1. The molecule has 0 radical (unpaired) electrons. The number of carbonyl (C=O) groups excluding carboxylic acids is 1. The van der Waals surface area contributed by atoms with E-state index in [9.17, 15) is 14.3 Å². The fraction of sp³-hybridized carbons (Fsp3) is 0.188. The van der Waals surface area contributed by atoms with Crippen molar-refractivity contribution >= 4 is 11.6 Å². The molecule has 1 amide bonds. The van der Waals surface area contributed by atoms with Crippen LogP contribution in [0.2, 0.25) is 0 Å². The summed E-state index contributed by atoms with van der Waals surface area (Å²) in [6.07, 6.45) is -0.301. The van der Waals surface area contributed by atoms with E-state index in [0.29, 0.717) is 23.2 Å². The number of anilines is 1. The van der Waals surface area contributed by atoms with Crippen LogP contribution in [0, 0.1) is 5.82 Å². The zero-order valence-electron chi connectivity index (χ0n) is 10.8. The average molecular weight is 271 g/mol. The van der Waals surface area contributed by atoms with E-state index in [1.54, 1.807) is 0 Å². The van der Waals surface area contributed by atoms with Crippen LogP contribution in [0.25, 0.3) is 0 Å². The Kier molecular flexibility index (Phi) is 3.24. The number of hydrogen-bond acceptors (Lipinski definition) is 2. The highest BCUT2D eigenvalue weighted by atomic mass is 19.1. The number of aliphatic hydroxyl groups excluding tert-OH is 1. The lowest BCUT2D eigenvalue weighted by Gasteiger charge is -2.15. The van der Waals surface area contributed by atoms with Crippen molar-refractivity contribution in [2.45, 2.75) is 18.9 Å². The first-order valence-electron chi connectivity index (χ1n) is 6.47. The van der Waals surface area contributed by atoms with E-state index in [-0.39, 0.29) is 12.3 Å². The van der Waals surface area contributed by atoms with Gasteiger partial charge in [-0.3, -0.25) is 4.79 Å². The van der Waals surface area contributed by atoms with Crippen LogP contribution in [0.5, 0.6) is 0 Å². The highest BCUT2D eigenvalue weighted by Gasteiger charge is 2.25. The lowest BCUT2D eigenvalue weighted by Crippen LogP contribution is -2.08. The van der Waals surface area contributed by atoms with Crippen molar-refractivity contribution in [3.63, 3.8) is 0 Å². The molecule has 3 nitrogen and oxygen atoms in total. The van der Waals surface area contributed by atoms with E-state index in [0.717, 1.165) is 5.56 Å². The molecule has 1 aliphatic heterocycles. The van der Waals surface area contributed by atoms with Gasteiger partial charge >= 0.3 is 0 Å². The number of benzene rings is 2. The molecule has 102 valence electrons. The highest BCUT2D eigenvalue weighted by Crippen LogP contribution is 2.33. The third kappa shape index (κ3) is 2.42. The third-order valence-corrected chi connectivity index (χ3v) is 3.46. The molecule has 1 aliphatic rings. The lowest BCUT2D eigenvalue weighted by molar-refractivity contribution is -0.115. The van der Waals surface area contributed by atoms with E-state index < -0.39 is 11.9 Å². The van der Waals surface area contributed by atoms with Gasteiger partial charge in [-0.05, 0) is 23.3 Å². The number of carbonyl (C=O) groups is 1. The molecule has 1 atom stereocenters. The molecule has 1 unspecified atom stereocenters. The molecule has 0 aromatic heterocycles. The van der Waals surface area contributed by atoms with E-state index in [2.05, 4.69) is 5.32 Å². The topological polar surface area (TPSA) is 49.3 Å². The number of rotatable bonds is 3. The number of nitrogens with one attached hydrogen (secondary N) is 1. The van der Waals surface area contributed by atoms with Crippen LogP contribution in [0.4, 0.5) is 10.1 Å². The summed E-state index contributed by atoms with van der Waals surface area (Å²) in [5.74, 6) is -0.596. The van der Waals surface area contributed by atoms with Crippen molar-refractivity contribution in [2.24, 2.45) is 0 Å². The number of fused-ring (bicyclic) bond motifs is 1. The van der Waals surface area contributed by atoms with Crippen LogP contribution < -0.4 is 5.32 Å². The first-order valence-corrected chi connectivity index (χ1v) is 6.47. The molecule has 0 spiro atoms. The second-order valence-corrected chi connectivity index (χ2v) is 4.96. The molecule has 2 aromatic rings. The number of hydrogen-bond donors (Lipinski definition) is 2. The normalized spacial score (nSPS) is 14.8. The summed E-state index contributed by atoms with van der Waals surface area (Å²) in [6, 6.07) is 12.1. The Morgan fingerprint density at radius 3 is 2.75 bits per heavy atom. The summed E-state index contributed by atoms with van der Waals surface area (Å²) in [4.78, 5) is 11.4. The van der Waals surface area contributed by atoms with Crippen molar-refractivity contribution in [2.75, 3.05) is 5.32 Å². The van der Waals surface area contributed by atoms with Gasteiger partial charge in [0.1, 0.15) is 5.82 Å². The fourth-order valence-electron chi connectivity index (χ4n) is 2.54. The van der Waals surface area contributed by atoms with Gasteiger partial charge < -0.3 is 10.4 Å². The molecule has 1 heterocycles. The molecule has 20 heavy (non-hydrogen) atoms. The summed E-state index contributed by atoms with van der Waals surface area (Å²) in [7, 11) is 0.